The van der Waals surface area contributed by atoms with Crippen molar-refractivity contribution in [3.63, 3.8) is 0 Å². The summed E-state index contributed by atoms with van der Waals surface area (Å²) >= 11 is 0. The van der Waals surface area contributed by atoms with Crippen molar-refractivity contribution < 1.29 is 5.11 Å². The number of aliphatic hydroxyl groups is 1. The van der Waals surface area contributed by atoms with E-state index in [9.17, 15) is 5.11 Å². The van der Waals surface area contributed by atoms with Crippen LogP contribution in [0.1, 0.15) is 33.6 Å². The zero-order valence-electron chi connectivity index (χ0n) is 10.4. The molecule has 1 rings (SSSR count). The number of piperidine rings is 1. The first-order valence-corrected chi connectivity index (χ1v) is 6.27. The van der Waals surface area contributed by atoms with E-state index in [1.165, 1.54) is 12.8 Å². The van der Waals surface area contributed by atoms with Crippen molar-refractivity contribution in [2.45, 2.75) is 45.8 Å². The van der Waals surface area contributed by atoms with Crippen molar-refractivity contribution in [2.24, 2.45) is 5.92 Å². The number of nitrogens with one attached hydrogen (secondary N) is 1. The Morgan fingerprint density at radius 2 is 1.93 bits per heavy atom. The molecule has 3 heteroatoms. The molecule has 1 heterocycles. The summed E-state index contributed by atoms with van der Waals surface area (Å²) in [5, 5.41) is 12.8. The Labute approximate surface area is 93.9 Å². The summed E-state index contributed by atoms with van der Waals surface area (Å²) in [5.41, 5.74) is 0. The molecule has 1 saturated heterocycles. The topological polar surface area (TPSA) is 35.5 Å². The maximum atomic E-state index is 9.31. The summed E-state index contributed by atoms with van der Waals surface area (Å²) in [7, 11) is 0. The van der Waals surface area contributed by atoms with Crippen molar-refractivity contribution in [1.29, 1.82) is 0 Å². The summed E-state index contributed by atoms with van der Waals surface area (Å²) in [6.07, 6.45) is 2.34. The van der Waals surface area contributed by atoms with Gasteiger partial charge in [-0.15, -0.1) is 0 Å². The minimum absolute atomic E-state index is 0.187. The number of hydrogen-bond acceptors (Lipinski definition) is 3. The molecule has 90 valence electrons. The molecule has 2 unspecified atom stereocenters. The van der Waals surface area contributed by atoms with E-state index in [-0.39, 0.29) is 6.10 Å². The highest BCUT2D eigenvalue weighted by atomic mass is 16.3. The van der Waals surface area contributed by atoms with Gasteiger partial charge in [0.05, 0.1) is 6.10 Å². The molecule has 2 atom stereocenters. The minimum atomic E-state index is -0.187. The molecule has 0 spiro atoms. The fourth-order valence-corrected chi connectivity index (χ4v) is 2.50. The van der Waals surface area contributed by atoms with E-state index in [2.05, 4.69) is 24.1 Å². The zero-order valence-corrected chi connectivity index (χ0v) is 10.4. The van der Waals surface area contributed by atoms with Crippen molar-refractivity contribution in [2.75, 3.05) is 26.2 Å². The van der Waals surface area contributed by atoms with Gasteiger partial charge in [0.2, 0.25) is 0 Å². The standard InChI is InChI=1S/C12H26N2O/c1-4-13-11(3)12-5-7-14(8-6-12)9-10(2)15/h10-13,15H,4-9H2,1-3H3. The van der Waals surface area contributed by atoms with Crippen molar-refractivity contribution in [3.05, 3.63) is 0 Å². The van der Waals surface area contributed by atoms with Gasteiger partial charge in [0.25, 0.3) is 0 Å². The first-order chi connectivity index (χ1) is 7.13. The summed E-state index contributed by atoms with van der Waals surface area (Å²) in [6, 6.07) is 0.642. The number of rotatable bonds is 5. The third-order valence-corrected chi connectivity index (χ3v) is 3.39. The largest absolute Gasteiger partial charge is 0.392 e. The number of β-amino-alcohol motifs (C(OH)–C–C–N with tert-alkyl or cyclic N) is 1. The number of aliphatic hydroxyl groups excluding tert-OH is 1. The summed E-state index contributed by atoms with van der Waals surface area (Å²) in [5.74, 6) is 0.815. The Hall–Kier alpha value is -0.120. The molecule has 1 fully saturated rings. The SMILES string of the molecule is CCNC(C)C1CCN(CC(C)O)CC1. The van der Waals surface area contributed by atoms with Crippen LogP contribution in [0.5, 0.6) is 0 Å². The number of nitrogens with zero attached hydrogens (tertiary/aromatic N) is 1. The summed E-state index contributed by atoms with van der Waals surface area (Å²) in [4.78, 5) is 2.37. The second-order valence-corrected chi connectivity index (χ2v) is 4.83. The molecule has 0 amide bonds. The van der Waals surface area contributed by atoms with Crippen LogP contribution in [-0.2, 0) is 0 Å². The predicted molar refractivity (Wildman–Crippen MR) is 64.0 cm³/mol. The lowest BCUT2D eigenvalue weighted by Gasteiger charge is -2.35. The van der Waals surface area contributed by atoms with Crippen molar-refractivity contribution in [1.82, 2.24) is 10.2 Å². The molecule has 3 nitrogen and oxygen atoms in total. The van der Waals surface area contributed by atoms with Gasteiger partial charge in [-0.05, 0) is 52.2 Å². The Balaban J connectivity index is 2.23. The molecule has 0 aromatic carbocycles. The Morgan fingerprint density at radius 1 is 1.33 bits per heavy atom. The Bertz CT molecular complexity index is 165. The Morgan fingerprint density at radius 3 is 2.40 bits per heavy atom. The van der Waals surface area contributed by atoms with E-state index in [0.29, 0.717) is 6.04 Å². The van der Waals surface area contributed by atoms with Gasteiger partial charge < -0.3 is 15.3 Å². The quantitative estimate of drug-likeness (QED) is 0.719. The lowest BCUT2D eigenvalue weighted by atomic mass is 9.90. The number of likely N-dealkylation sites (tertiary alicyclic amines) is 1. The lowest BCUT2D eigenvalue weighted by Crippen LogP contribution is -2.43. The summed E-state index contributed by atoms with van der Waals surface area (Å²) in [6.45, 7) is 10.5. The van der Waals surface area contributed by atoms with Crippen molar-refractivity contribution in [3.8, 4) is 0 Å². The van der Waals surface area contributed by atoms with Gasteiger partial charge in [0.15, 0.2) is 0 Å². The third kappa shape index (κ3) is 4.49. The molecule has 0 aliphatic carbocycles. The minimum Gasteiger partial charge on any atom is -0.392 e. The predicted octanol–water partition coefficient (Wildman–Crippen LogP) is 1.08. The zero-order chi connectivity index (χ0) is 11.3. The van der Waals surface area contributed by atoms with Gasteiger partial charge in [-0.1, -0.05) is 6.92 Å². The van der Waals surface area contributed by atoms with E-state index in [1.807, 2.05) is 6.92 Å². The average molecular weight is 214 g/mol. The monoisotopic (exact) mass is 214 g/mol. The van der Waals surface area contributed by atoms with E-state index in [0.717, 1.165) is 32.1 Å². The van der Waals surface area contributed by atoms with Crippen LogP contribution in [0.3, 0.4) is 0 Å². The van der Waals surface area contributed by atoms with Crippen LogP contribution in [0.25, 0.3) is 0 Å². The van der Waals surface area contributed by atoms with Gasteiger partial charge >= 0.3 is 0 Å². The van der Waals surface area contributed by atoms with Crippen molar-refractivity contribution >= 4 is 0 Å². The molecule has 1 aliphatic rings. The van der Waals surface area contributed by atoms with E-state index in [1.54, 1.807) is 0 Å². The molecule has 2 N–H and O–H groups in total. The van der Waals surface area contributed by atoms with Gasteiger partial charge in [-0.3, -0.25) is 0 Å². The molecule has 0 aromatic rings. The molecule has 15 heavy (non-hydrogen) atoms. The second-order valence-electron chi connectivity index (χ2n) is 4.83. The van der Waals surface area contributed by atoms with Gasteiger partial charge in [0, 0.05) is 12.6 Å². The first kappa shape index (κ1) is 12.9. The molecule has 0 bridgehead atoms. The Kier molecular flexibility index (Phi) is 5.58. The van der Waals surface area contributed by atoms with Gasteiger partial charge in [0.1, 0.15) is 0 Å². The molecule has 0 aromatic heterocycles. The van der Waals surface area contributed by atoms with E-state index >= 15 is 0 Å². The second kappa shape index (κ2) is 6.46. The van der Waals surface area contributed by atoms with Crippen LogP contribution in [-0.4, -0.2) is 48.3 Å². The lowest BCUT2D eigenvalue weighted by molar-refractivity contribution is 0.0938. The molecule has 0 radical (unpaired) electrons. The maximum absolute atomic E-state index is 9.31. The number of hydrogen-bond donors (Lipinski definition) is 2. The first-order valence-electron chi connectivity index (χ1n) is 6.27. The van der Waals surface area contributed by atoms with Crippen LogP contribution in [0.15, 0.2) is 0 Å². The van der Waals surface area contributed by atoms with Crippen LogP contribution in [0.2, 0.25) is 0 Å². The van der Waals surface area contributed by atoms with Crippen LogP contribution >= 0.6 is 0 Å². The fourth-order valence-electron chi connectivity index (χ4n) is 2.50. The average Bonchev–Trinajstić information content (AvgIpc) is 2.18. The van der Waals surface area contributed by atoms with Crippen LogP contribution in [0, 0.1) is 5.92 Å². The summed E-state index contributed by atoms with van der Waals surface area (Å²) < 4.78 is 0. The highest BCUT2D eigenvalue weighted by Crippen LogP contribution is 2.20. The molecule has 1 aliphatic heterocycles. The normalized spacial score (nSPS) is 24.0. The third-order valence-electron chi connectivity index (χ3n) is 3.39. The molecule has 0 saturated carbocycles. The van der Waals surface area contributed by atoms with E-state index in [4.69, 9.17) is 0 Å². The van der Waals surface area contributed by atoms with Crippen LogP contribution < -0.4 is 5.32 Å². The molecular formula is C12H26N2O. The van der Waals surface area contributed by atoms with Crippen LogP contribution in [0.4, 0.5) is 0 Å². The van der Waals surface area contributed by atoms with Gasteiger partial charge in [-0.25, -0.2) is 0 Å². The molecular weight excluding hydrogens is 188 g/mol. The fraction of sp³-hybridized carbons (Fsp3) is 1.00. The van der Waals surface area contributed by atoms with Gasteiger partial charge in [-0.2, -0.15) is 0 Å². The highest BCUT2D eigenvalue weighted by molar-refractivity contribution is 4.79. The maximum Gasteiger partial charge on any atom is 0.0639 e. The van der Waals surface area contributed by atoms with E-state index < -0.39 is 0 Å². The smallest absolute Gasteiger partial charge is 0.0639 e. The highest BCUT2D eigenvalue weighted by Gasteiger charge is 2.23.